The Morgan fingerprint density at radius 1 is 1.25 bits per heavy atom. The van der Waals surface area contributed by atoms with Gasteiger partial charge < -0.3 is 14.8 Å². The SMILES string of the molecule is COc1ccc(NC(=O)COC(=O)c2ccccc2SC(F)F)c([N+](=O)[O-])c1. The summed E-state index contributed by atoms with van der Waals surface area (Å²) < 4.78 is 34.8. The summed E-state index contributed by atoms with van der Waals surface area (Å²) in [6.07, 6.45) is 0. The van der Waals surface area contributed by atoms with E-state index in [1.54, 1.807) is 0 Å². The van der Waals surface area contributed by atoms with Crippen LogP contribution in [0.2, 0.25) is 0 Å². The Kier molecular flexibility index (Phi) is 7.27. The van der Waals surface area contributed by atoms with Gasteiger partial charge in [-0.3, -0.25) is 14.9 Å². The molecule has 2 rings (SSSR count). The number of ether oxygens (including phenoxy) is 2. The summed E-state index contributed by atoms with van der Waals surface area (Å²) in [6.45, 7) is -0.754. The lowest BCUT2D eigenvalue weighted by Crippen LogP contribution is -2.21. The molecule has 0 saturated heterocycles. The average Bonchev–Trinajstić information content (AvgIpc) is 2.66. The Morgan fingerprint density at radius 3 is 2.61 bits per heavy atom. The van der Waals surface area contributed by atoms with E-state index in [9.17, 15) is 28.5 Å². The fourth-order valence-electron chi connectivity index (χ4n) is 2.12. The fourth-order valence-corrected chi connectivity index (χ4v) is 2.75. The van der Waals surface area contributed by atoms with Gasteiger partial charge in [-0.2, -0.15) is 8.78 Å². The summed E-state index contributed by atoms with van der Waals surface area (Å²) >= 11 is 0.177. The molecule has 0 bridgehead atoms. The molecule has 8 nitrogen and oxygen atoms in total. The Labute approximate surface area is 162 Å². The summed E-state index contributed by atoms with van der Waals surface area (Å²) in [4.78, 5) is 34.4. The third kappa shape index (κ3) is 5.64. The lowest BCUT2D eigenvalue weighted by Gasteiger charge is -2.10. The first-order valence-electron chi connectivity index (χ1n) is 7.65. The summed E-state index contributed by atoms with van der Waals surface area (Å²) in [7, 11) is 1.33. The number of hydrogen-bond donors (Lipinski definition) is 1. The van der Waals surface area contributed by atoms with Crippen LogP contribution in [0, 0.1) is 10.1 Å². The van der Waals surface area contributed by atoms with Gasteiger partial charge in [-0.25, -0.2) is 4.79 Å². The van der Waals surface area contributed by atoms with E-state index in [0.29, 0.717) is 0 Å². The molecule has 0 spiro atoms. The maximum Gasteiger partial charge on any atom is 0.339 e. The van der Waals surface area contributed by atoms with E-state index in [1.165, 1.54) is 43.5 Å². The van der Waals surface area contributed by atoms with Crippen molar-refractivity contribution in [2.45, 2.75) is 10.7 Å². The Morgan fingerprint density at radius 2 is 1.96 bits per heavy atom. The van der Waals surface area contributed by atoms with Gasteiger partial charge in [0.15, 0.2) is 6.61 Å². The molecule has 0 atom stereocenters. The summed E-state index contributed by atoms with van der Waals surface area (Å²) in [5.74, 6) is -4.30. The average molecular weight is 412 g/mol. The van der Waals surface area contributed by atoms with Crippen molar-refractivity contribution in [3.8, 4) is 5.75 Å². The first kappa shape index (κ1) is 21.1. The van der Waals surface area contributed by atoms with Crippen LogP contribution in [0.25, 0.3) is 0 Å². The third-order valence-corrected chi connectivity index (χ3v) is 4.12. The van der Waals surface area contributed by atoms with Crippen LogP contribution in [0.4, 0.5) is 20.2 Å². The molecule has 0 aliphatic heterocycles. The van der Waals surface area contributed by atoms with Crippen molar-refractivity contribution in [2.75, 3.05) is 19.0 Å². The van der Waals surface area contributed by atoms with E-state index in [1.807, 2.05) is 0 Å². The van der Waals surface area contributed by atoms with Crippen LogP contribution in [0.15, 0.2) is 47.4 Å². The Bertz CT molecular complexity index is 894. The predicted octanol–water partition coefficient (Wildman–Crippen LogP) is 3.71. The summed E-state index contributed by atoms with van der Waals surface area (Å²) in [6, 6.07) is 9.37. The third-order valence-electron chi connectivity index (χ3n) is 3.33. The molecular weight excluding hydrogens is 398 g/mol. The van der Waals surface area contributed by atoms with Gasteiger partial charge in [0.2, 0.25) is 0 Å². The van der Waals surface area contributed by atoms with Crippen LogP contribution < -0.4 is 10.1 Å². The predicted molar refractivity (Wildman–Crippen MR) is 96.9 cm³/mol. The number of methoxy groups -OCH3 is 1. The largest absolute Gasteiger partial charge is 0.496 e. The van der Waals surface area contributed by atoms with Gasteiger partial charge in [0, 0.05) is 4.90 Å². The number of nitro benzene ring substituents is 1. The zero-order chi connectivity index (χ0) is 20.7. The molecule has 148 valence electrons. The number of anilines is 1. The zero-order valence-corrected chi connectivity index (χ0v) is 15.2. The molecule has 11 heteroatoms. The van der Waals surface area contributed by atoms with Crippen LogP contribution in [-0.4, -0.2) is 36.3 Å². The highest BCUT2D eigenvalue weighted by Crippen LogP contribution is 2.30. The molecule has 2 aromatic rings. The number of carbonyl (C=O) groups is 2. The zero-order valence-electron chi connectivity index (χ0n) is 14.4. The van der Waals surface area contributed by atoms with Crippen molar-refractivity contribution in [3.05, 3.63) is 58.1 Å². The van der Waals surface area contributed by atoms with Crippen LogP contribution in [0.3, 0.4) is 0 Å². The quantitative estimate of drug-likeness (QED) is 0.305. The summed E-state index contributed by atoms with van der Waals surface area (Å²) in [5, 5.41) is 13.4. The van der Waals surface area contributed by atoms with Gasteiger partial charge >= 0.3 is 5.97 Å². The second kappa shape index (κ2) is 9.65. The molecule has 0 saturated carbocycles. The van der Waals surface area contributed by atoms with E-state index in [2.05, 4.69) is 5.32 Å². The molecular formula is C17H14F2N2O6S. The van der Waals surface area contributed by atoms with Crippen molar-refractivity contribution >= 4 is 35.0 Å². The number of alkyl halides is 2. The molecule has 0 unspecified atom stereocenters. The standard InChI is InChI=1S/C17H14F2N2O6S/c1-26-10-6-7-12(13(8-10)21(24)25)20-15(22)9-27-16(23)11-4-2-3-5-14(11)28-17(18)19/h2-8,17H,9H2,1H3,(H,20,22). The monoisotopic (exact) mass is 412 g/mol. The van der Waals surface area contributed by atoms with E-state index in [-0.39, 0.29) is 33.7 Å². The number of benzene rings is 2. The molecule has 28 heavy (non-hydrogen) atoms. The second-order valence-corrected chi connectivity index (χ2v) is 6.17. The van der Waals surface area contributed by atoms with E-state index >= 15 is 0 Å². The van der Waals surface area contributed by atoms with Gasteiger partial charge in [0.25, 0.3) is 17.4 Å². The normalized spacial score (nSPS) is 10.4. The topological polar surface area (TPSA) is 108 Å². The lowest BCUT2D eigenvalue weighted by atomic mass is 10.2. The first-order valence-corrected chi connectivity index (χ1v) is 8.53. The molecule has 1 N–H and O–H groups in total. The first-order chi connectivity index (χ1) is 13.3. The highest BCUT2D eigenvalue weighted by atomic mass is 32.2. The number of halogens is 2. The number of hydrogen-bond acceptors (Lipinski definition) is 7. The van der Waals surface area contributed by atoms with Crippen molar-refractivity contribution in [1.82, 2.24) is 0 Å². The number of esters is 1. The van der Waals surface area contributed by atoms with Crippen molar-refractivity contribution in [3.63, 3.8) is 0 Å². The maximum absolute atomic E-state index is 12.6. The molecule has 0 aromatic heterocycles. The molecule has 0 aliphatic carbocycles. The number of carbonyl (C=O) groups excluding carboxylic acids is 2. The van der Waals surface area contributed by atoms with Crippen molar-refractivity contribution < 1.29 is 32.8 Å². The van der Waals surface area contributed by atoms with Crippen LogP contribution in [0.1, 0.15) is 10.4 Å². The number of nitrogens with zero attached hydrogens (tertiary/aromatic N) is 1. The fraction of sp³-hybridized carbons (Fsp3) is 0.176. The second-order valence-electron chi connectivity index (χ2n) is 5.14. The van der Waals surface area contributed by atoms with Crippen LogP contribution >= 0.6 is 11.8 Å². The highest BCUT2D eigenvalue weighted by molar-refractivity contribution is 7.99. The summed E-state index contributed by atoms with van der Waals surface area (Å²) in [5.41, 5.74) is -0.630. The number of amides is 1. The maximum atomic E-state index is 12.6. The molecule has 0 heterocycles. The molecule has 1 amide bonds. The Hall–Kier alpha value is -3.21. The van der Waals surface area contributed by atoms with Gasteiger partial charge in [-0.15, -0.1) is 0 Å². The van der Waals surface area contributed by atoms with Gasteiger partial charge in [0.1, 0.15) is 11.4 Å². The number of nitrogens with one attached hydrogen (secondary N) is 1. The van der Waals surface area contributed by atoms with Crippen LogP contribution in [-0.2, 0) is 9.53 Å². The van der Waals surface area contributed by atoms with Crippen molar-refractivity contribution in [2.24, 2.45) is 0 Å². The Balaban J connectivity index is 2.04. The molecule has 2 aromatic carbocycles. The van der Waals surface area contributed by atoms with E-state index in [4.69, 9.17) is 9.47 Å². The minimum absolute atomic E-state index is 0.00806. The minimum atomic E-state index is -2.73. The van der Waals surface area contributed by atoms with Gasteiger partial charge in [0.05, 0.1) is 23.7 Å². The molecule has 0 fully saturated rings. The molecule has 0 radical (unpaired) electrons. The number of thioether (sulfide) groups is 1. The van der Waals surface area contributed by atoms with Crippen molar-refractivity contribution in [1.29, 1.82) is 0 Å². The van der Waals surface area contributed by atoms with Crippen LogP contribution in [0.5, 0.6) is 5.75 Å². The number of rotatable bonds is 8. The van der Waals surface area contributed by atoms with Gasteiger partial charge in [-0.05, 0) is 24.3 Å². The number of nitro groups is 1. The highest BCUT2D eigenvalue weighted by Gasteiger charge is 2.20. The molecule has 0 aliphatic rings. The smallest absolute Gasteiger partial charge is 0.339 e. The van der Waals surface area contributed by atoms with E-state index < -0.39 is 34.9 Å². The lowest BCUT2D eigenvalue weighted by molar-refractivity contribution is -0.384. The van der Waals surface area contributed by atoms with E-state index in [0.717, 1.165) is 6.07 Å². The van der Waals surface area contributed by atoms with Gasteiger partial charge in [-0.1, -0.05) is 23.9 Å². The minimum Gasteiger partial charge on any atom is -0.496 e.